The van der Waals surface area contributed by atoms with Gasteiger partial charge in [-0.3, -0.25) is 0 Å². The van der Waals surface area contributed by atoms with Crippen molar-refractivity contribution < 1.29 is 0 Å². The van der Waals surface area contributed by atoms with Gasteiger partial charge in [0.15, 0.2) is 0 Å². The van der Waals surface area contributed by atoms with E-state index in [2.05, 4.69) is 111 Å². The maximum Gasteiger partial charge on any atom is 0.133 e. The van der Waals surface area contributed by atoms with E-state index in [1.807, 2.05) is 0 Å². The molecular weight excluding hydrogens is 521 g/mol. The predicted molar refractivity (Wildman–Crippen MR) is 163 cm³/mol. The van der Waals surface area contributed by atoms with Gasteiger partial charge in [-0.25, -0.2) is 0 Å². The molecule has 0 aromatic rings. The Morgan fingerprint density at radius 3 is 0.714 bits per heavy atom. The minimum atomic E-state index is -1.70. The molecule has 0 nitrogen and oxygen atoms in total. The van der Waals surface area contributed by atoms with Gasteiger partial charge in [0.1, 0.15) is 6.90 Å². The lowest BCUT2D eigenvalue weighted by molar-refractivity contribution is 1.73. The number of fused-ring (bicyclic) bond motifs is 3. The summed E-state index contributed by atoms with van der Waals surface area (Å²) in [6, 6.07) is 0. The van der Waals surface area contributed by atoms with Gasteiger partial charge in [-0.1, -0.05) is 111 Å². The first-order valence-electron chi connectivity index (χ1n) is 11.4. The van der Waals surface area contributed by atoms with Crippen molar-refractivity contribution in [3.63, 3.8) is 0 Å². The van der Waals surface area contributed by atoms with Gasteiger partial charge >= 0.3 is 0 Å². The highest BCUT2D eigenvalue weighted by Gasteiger charge is 2.96. The fraction of sp³-hybridized carbons (Fsp3) is 1.00. The Morgan fingerprint density at radius 1 is 0.393 bits per heavy atom. The second kappa shape index (κ2) is 6.12. The van der Waals surface area contributed by atoms with Crippen molar-refractivity contribution in [2.45, 2.75) is 111 Å². The van der Waals surface area contributed by atoms with Crippen molar-refractivity contribution in [3.05, 3.63) is 0 Å². The Balaban J connectivity index is 3.39. The highest BCUT2D eigenvalue weighted by Crippen LogP contribution is 2.67. The van der Waals surface area contributed by atoms with Gasteiger partial charge in [0.05, 0.1) is 0 Å². The Labute approximate surface area is 190 Å². The van der Waals surface area contributed by atoms with E-state index in [9.17, 15) is 0 Å². The third-order valence-corrected chi connectivity index (χ3v) is 357. The molecule has 0 atom stereocenters. The van der Waals surface area contributed by atoms with Crippen molar-refractivity contribution in [3.8, 4) is 0 Å². The van der Waals surface area contributed by atoms with Crippen LogP contribution in [0.4, 0.5) is 0 Å². The quantitative estimate of drug-likeness (QED) is 0.252. The predicted octanol–water partition coefficient (Wildman–Crippen LogP) is 6.81. The van der Waals surface area contributed by atoms with Crippen molar-refractivity contribution in [2.24, 2.45) is 0 Å². The minimum Gasteiger partial charge on any atom is -0.172 e. The number of hydrogen-bond acceptors (Lipinski definition) is 0. The average Bonchev–Trinajstić information content (AvgIpc) is 2.30. The van der Waals surface area contributed by atoms with Crippen LogP contribution in [0.3, 0.4) is 0 Å². The molecule has 0 unspecified atom stereocenters. The minimum absolute atomic E-state index is 1.21. The SMILES string of the molecule is C[Si](C)(C)[Si]12[Si](C)(C)[Si](C)(C)[Si]([Si](C)(C)Cl)([Si](C)(C)[Si]1(C)C)[Si](C)(C)[Si]2(C)C. The topological polar surface area (TPSA) is 0 Å². The zero-order chi connectivity index (χ0) is 23.0. The molecule has 0 radical (unpaired) electrons. The molecule has 3 heterocycles. The highest BCUT2D eigenvalue weighted by atomic mass is 35.6. The van der Waals surface area contributed by atoms with Crippen LogP contribution in [-0.2, 0) is 0 Å². The Morgan fingerprint density at radius 2 is 0.571 bits per heavy atom. The summed E-state index contributed by atoms with van der Waals surface area (Å²) in [6.45, 7) is 48.8. The first kappa shape index (κ1) is 26.7. The molecule has 0 aromatic heterocycles. The molecule has 3 rings (SSSR count). The van der Waals surface area contributed by atoms with E-state index < -0.39 is 69.4 Å². The average molecular weight is 572 g/mol. The van der Waals surface area contributed by atoms with Crippen molar-refractivity contribution in [2.75, 3.05) is 0 Å². The van der Waals surface area contributed by atoms with Crippen LogP contribution < -0.4 is 0 Å². The van der Waals surface area contributed by atoms with Crippen molar-refractivity contribution in [1.29, 1.82) is 0 Å². The normalized spacial score (nSPS) is 39.6. The van der Waals surface area contributed by atoms with Crippen LogP contribution in [0.15, 0.2) is 0 Å². The van der Waals surface area contributed by atoms with Gasteiger partial charge in [0, 0.05) is 62.5 Å². The molecule has 0 amide bonds. The van der Waals surface area contributed by atoms with E-state index in [1.54, 1.807) is 0 Å². The van der Waals surface area contributed by atoms with Crippen LogP contribution in [-0.4, -0.2) is 69.4 Å². The van der Waals surface area contributed by atoms with Crippen LogP contribution in [0.2, 0.25) is 111 Å². The molecule has 3 aliphatic heterocycles. The number of halogens is 1. The first-order chi connectivity index (χ1) is 11.8. The highest BCUT2D eigenvalue weighted by molar-refractivity contribution is 8.47. The molecule has 28 heavy (non-hydrogen) atoms. The van der Waals surface area contributed by atoms with Crippen LogP contribution in [0.25, 0.3) is 0 Å². The summed E-state index contributed by atoms with van der Waals surface area (Å²) in [5.74, 6) is 0. The monoisotopic (exact) mass is 570 g/mol. The second-order valence-electron chi connectivity index (χ2n) is 15.0. The summed E-state index contributed by atoms with van der Waals surface area (Å²) in [4.78, 5) is 0. The molecule has 0 aromatic carbocycles. The van der Waals surface area contributed by atoms with Crippen LogP contribution in [0.5, 0.6) is 0 Å². The van der Waals surface area contributed by atoms with Crippen LogP contribution in [0, 0.1) is 0 Å². The fourth-order valence-electron chi connectivity index (χ4n) is 12.5. The van der Waals surface area contributed by atoms with Crippen LogP contribution >= 0.6 is 11.1 Å². The fourth-order valence-corrected chi connectivity index (χ4v) is 784. The third kappa shape index (κ3) is 2.08. The molecule has 2 bridgehead atoms. The summed E-state index contributed by atoms with van der Waals surface area (Å²) in [5, 5.41) is 0. The van der Waals surface area contributed by atoms with E-state index in [0.717, 1.165) is 0 Å². The van der Waals surface area contributed by atoms with E-state index in [0.29, 0.717) is 0 Å². The molecular formula is C17H51ClSi10. The molecule has 3 aliphatic rings. The molecule has 0 spiro atoms. The summed E-state index contributed by atoms with van der Waals surface area (Å²) in [5.41, 5.74) is 0. The molecule has 3 fully saturated rings. The lowest BCUT2D eigenvalue weighted by Gasteiger charge is -2.91. The summed E-state index contributed by atoms with van der Waals surface area (Å²) < 4.78 is 0. The molecule has 0 saturated carbocycles. The van der Waals surface area contributed by atoms with Gasteiger partial charge in [-0.05, 0) is 0 Å². The number of rotatable bonds is 2. The Hall–Kier alpha value is 2.46. The largest absolute Gasteiger partial charge is 0.172 e. The molecule has 0 aliphatic carbocycles. The molecule has 11 heteroatoms. The second-order valence-corrected chi connectivity index (χ2v) is 147. The van der Waals surface area contributed by atoms with Crippen LogP contribution in [0.1, 0.15) is 0 Å². The Kier molecular flexibility index (Phi) is 5.83. The zero-order valence-corrected chi connectivity index (χ0v) is 33.1. The van der Waals surface area contributed by atoms with Crippen molar-refractivity contribution in [1.82, 2.24) is 0 Å². The lowest BCUT2D eigenvalue weighted by atomic mass is 11.8. The molecule has 166 valence electrons. The third-order valence-electron chi connectivity index (χ3n) is 12.3. The summed E-state index contributed by atoms with van der Waals surface area (Å²) >= 11 is 7.99. The van der Waals surface area contributed by atoms with Gasteiger partial charge < -0.3 is 0 Å². The van der Waals surface area contributed by atoms with E-state index >= 15 is 0 Å². The van der Waals surface area contributed by atoms with E-state index in [1.165, 1.54) is 0 Å². The van der Waals surface area contributed by atoms with E-state index in [4.69, 9.17) is 11.1 Å². The van der Waals surface area contributed by atoms with E-state index in [-0.39, 0.29) is 0 Å². The van der Waals surface area contributed by atoms with Gasteiger partial charge in [-0.15, -0.1) is 0 Å². The molecule has 0 N–H and O–H groups in total. The summed E-state index contributed by atoms with van der Waals surface area (Å²) in [6.07, 6.45) is -2.71. The van der Waals surface area contributed by atoms with Gasteiger partial charge in [0.2, 0.25) is 0 Å². The van der Waals surface area contributed by atoms with Gasteiger partial charge in [-0.2, -0.15) is 11.1 Å². The zero-order valence-electron chi connectivity index (χ0n) is 22.4. The number of hydrogen-bond donors (Lipinski definition) is 0. The molecule has 3 saturated heterocycles. The first-order valence-corrected chi connectivity index (χ1v) is 52.0. The standard InChI is InChI=1S/C17H51ClSi10/c1-19(2,3)27-21(6,7)24(12,13)28(20(4,5)18,25(14,15)22(27,8)9)26(16,17)23(27,10)11/h1-17H3. The van der Waals surface area contributed by atoms with Crippen molar-refractivity contribution >= 4 is 80.5 Å². The Bertz CT molecular complexity index is 562. The smallest absolute Gasteiger partial charge is 0.133 e. The summed E-state index contributed by atoms with van der Waals surface area (Å²) in [7, 11) is -8.97. The lowest BCUT2D eigenvalue weighted by Crippen LogP contribution is -3.23. The maximum absolute atomic E-state index is 7.99. The van der Waals surface area contributed by atoms with Gasteiger partial charge in [0.25, 0.3) is 0 Å². The maximum atomic E-state index is 7.99.